The zero-order valence-electron chi connectivity index (χ0n) is 11.0. The van der Waals surface area contributed by atoms with Crippen molar-refractivity contribution in [1.82, 2.24) is 4.98 Å². The number of hydrogen-bond acceptors (Lipinski definition) is 4. The van der Waals surface area contributed by atoms with E-state index in [0.717, 1.165) is 36.0 Å². The first kappa shape index (κ1) is 12.2. The molecule has 3 rings (SSSR count). The molecule has 0 spiro atoms. The molecule has 0 amide bonds. The normalized spacial score (nSPS) is 22.2. The molecule has 0 radical (unpaired) electrons. The summed E-state index contributed by atoms with van der Waals surface area (Å²) in [5, 5.41) is 15.1. The molecule has 1 aromatic heterocycles. The van der Waals surface area contributed by atoms with Gasteiger partial charge in [-0.2, -0.15) is 0 Å². The van der Waals surface area contributed by atoms with Gasteiger partial charge in [-0.25, -0.2) is 4.98 Å². The Morgan fingerprint density at radius 1 is 1.37 bits per heavy atom. The van der Waals surface area contributed by atoms with Crippen molar-refractivity contribution >= 4 is 16.6 Å². The lowest BCUT2D eigenvalue weighted by atomic mass is 9.89. The van der Waals surface area contributed by atoms with Crippen molar-refractivity contribution < 1.29 is 9.84 Å². The van der Waals surface area contributed by atoms with Gasteiger partial charge in [0.1, 0.15) is 11.6 Å². The number of aromatic nitrogens is 1. The molecule has 1 aromatic carbocycles. The van der Waals surface area contributed by atoms with Gasteiger partial charge in [0.05, 0.1) is 6.10 Å². The number of nitrogens with zero attached hydrogens (tertiary/aromatic N) is 1. The van der Waals surface area contributed by atoms with Crippen LogP contribution in [0.4, 0.5) is 5.82 Å². The van der Waals surface area contributed by atoms with Gasteiger partial charge < -0.3 is 15.2 Å². The lowest BCUT2D eigenvalue weighted by molar-refractivity contribution is 0.00295. The quantitative estimate of drug-likeness (QED) is 0.885. The predicted octanol–water partition coefficient (Wildman–Crippen LogP) is 2.92. The summed E-state index contributed by atoms with van der Waals surface area (Å²) in [4.78, 5) is 4.38. The maximum atomic E-state index is 9.60. The van der Waals surface area contributed by atoms with Crippen molar-refractivity contribution in [3.05, 3.63) is 30.5 Å². The van der Waals surface area contributed by atoms with Crippen LogP contribution < -0.4 is 5.32 Å². The number of aromatic hydroxyl groups is 1. The van der Waals surface area contributed by atoms with Crippen LogP contribution in [0.3, 0.4) is 0 Å². The average Bonchev–Trinajstić information content (AvgIpc) is 2.37. The molecule has 0 aliphatic heterocycles. The van der Waals surface area contributed by atoms with Crippen molar-refractivity contribution in [2.45, 2.75) is 31.9 Å². The number of anilines is 1. The smallest absolute Gasteiger partial charge is 0.134 e. The van der Waals surface area contributed by atoms with Gasteiger partial charge >= 0.3 is 0 Å². The van der Waals surface area contributed by atoms with Gasteiger partial charge in [0.2, 0.25) is 0 Å². The average molecular weight is 258 g/mol. The summed E-state index contributed by atoms with van der Waals surface area (Å²) in [5.41, 5.74) is 0. The zero-order chi connectivity index (χ0) is 13.2. The van der Waals surface area contributed by atoms with E-state index < -0.39 is 0 Å². The molecule has 19 heavy (non-hydrogen) atoms. The van der Waals surface area contributed by atoms with E-state index in [1.165, 1.54) is 0 Å². The van der Waals surface area contributed by atoms with E-state index in [1.807, 2.05) is 19.1 Å². The molecule has 0 atom stereocenters. The van der Waals surface area contributed by atoms with Gasteiger partial charge in [0.15, 0.2) is 0 Å². The van der Waals surface area contributed by atoms with Crippen molar-refractivity contribution in [2.24, 2.45) is 0 Å². The number of pyridine rings is 1. The Labute approximate surface area is 112 Å². The number of rotatable bonds is 4. The number of phenols is 1. The minimum atomic E-state index is 0.268. The summed E-state index contributed by atoms with van der Waals surface area (Å²) in [6, 6.07) is 7.71. The first-order valence-electron chi connectivity index (χ1n) is 6.72. The molecular weight excluding hydrogens is 240 g/mol. The van der Waals surface area contributed by atoms with E-state index in [2.05, 4.69) is 10.3 Å². The molecule has 1 aliphatic rings. The molecular formula is C15H18N2O2. The van der Waals surface area contributed by atoms with E-state index in [4.69, 9.17) is 4.74 Å². The fourth-order valence-corrected chi connectivity index (χ4v) is 2.52. The highest BCUT2D eigenvalue weighted by Gasteiger charge is 2.29. The van der Waals surface area contributed by atoms with E-state index in [1.54, 1.807) is 18.3 Å². The third-order valence-electron chi connectivity index (χ3n) is 3.59. The first-order chi connectivity index (χ1) is 9.26. The third-order valence-corrected chi connectivity index (χ3v) is 3.59. The Kier molecular flexibility index (Phi) is 3.25. The summed E-state index contributed by atoms with van der Waals surface area (Å²) >= 11 is 0. The second-order valence-electron chi connectivity index (χ2n) is 4.96. The number of benzene rings is 1. The van der Waals surface area contributed by atoms with Crippen molar-refractivity contribution in [3.8, 4) is 5.75 Å². The van der Waals surface area contributed by atoms with Gasteiger partial charge in [-0.3, -0.25) is 0 Å². The topological polar surface area (TPSA) is 54.4 Å². The number of nitrogens with one attached hydrogen (secondary N) is 1. The molecule has 0 unspecified atom stereocenters. The lowest BCUT2D eigenvalue weighted by Crippen LogP contribution is -2.41. The van der Waals surface area contributed by atoms with Crippen molar-refractivity contribution in [1.29, 1.82) is 0 Å². The van der Waals surface area contributed by atoms with Crippen LogP contribution in [-0.2, 0) is 4.74 Å². The number of hydrogen-bond donors (Lipinski definition) is 2. The molecule has 0 bridgehead atoms. The second kappa shape index (κ2) is 5.05. The van der Waals surface area contributed by atoms with E-state index in [-0.39, 0.29) is 5.75 Å². The predicted molar refractivity (Wildman–Crippen MR) is 75.5 cm³/mol. The number of fused-ring (bicyclic) bond motifs is 1. The van der Waals surface area contributed by atoms with Gasteiger partial charge in [-0.15, -0.1) is 0 Å². The molecule has 2 N–H and O–H groups in total. The van der Waals surface area contributed by atoms with Crippen LogP contribution in [-0.4, -0.2) is 28.8 Å². The fraction of sp³-hybridized carbons (Fsp3) is 0.400. The third kappa shape index (κ3) is 2.49. The minimum Gasteiger partial charge on any atom is -0.508 e. The van der Waals surface area contributed by atoms with E-state index >= 15 is 0 Å². The summed E-state index contributed by atoms with van der Waals surface area (Å²) in [7, 11) is 0. The van der Waals surface area contributed by atoms with E-state index in [0.29, 0.717) is 12.1 Å². The first-order valence-corrected chi connectivity index (χ1v) is 6.72. The molecule has 2 aromatic rings. The van der Waals surface area contributed by atoms with Crippen LogP contribution in [0, 0.1) is 0 Å². The SMILES string of the molecule is CCOC1CC(Nc2nccc3ccc(O)cc23)C1. The molecule has 1 aliphatic carbocycles. The highest BCUT2D eigenvalue weighted by atomic mass is 16.5. The van der Waals surface area contributed by atoms with Gasteiger partial charge in [-0.1, -0.05) is 6.07 Å². The van der Waals surface area contributed by atoms with Gasteiger partial charge in [-0.05, 0) is 43.4 Å². The summed E-state index contributed by atoms with van der Waals surface area (Å²) in [6.07, 6.45) is 4.21. The summed E-state index contributed by atoms with van der Waals surface area (Å²) in [5.74, 6) is 1.11. The van der Waals surface area contributed by atoms with Crippen LogP contribution in [0.15, 0.2) is 30.5 Å². The number of phenolic OH excluding ortho intramolecular Hbond substituents is 1. The summed E-state index contributed by atoms with van der Waals surface area (Å²) < 4.78 is 5.55. The fourth-order valence-electron chi connectivity index (χ4n) is 2.52. The lowest BCUT2D eigenvalue weighted by Gasteiger charge is -2.35. The van der Waals surface area contributed by atoms with Crippen LogP contribution in [0.2, 0.25) is 0 Å². The Bertz CT molecular complexity index is 579. The molecule has 4 heteroatoms. The second-order valence-corrected chi connectivity index (χ2v) is 4.96. The molecule has 1 fully saturated rings. The Morgan fingerprint density at radius 3 is 3.00 bits per heavy atom. The van der Waals surface area contributed by atoms with Gasteiger partial charge in [0.25, 0.3) is 0 Å². The highest BCUT2D eigenvalue weighted by Crippen LogP contribution is 2.30. The summed E-state index contributed by atoms with van der Waals surface area (Å²) in [6.45, 7) is 2.80. The van der Waals surface area contributed by atoms with Crippen LogP contribution >= 0.6 is 0 Å². The maximum Gasteiger partial charge on any atom is 0.134 e. The monoisotopic (exact) mass is 258 g/mol. The molecule has 100 valence electrons. The Hall–Kier alpha value is -1.81. The maximum absolute atomic E-state index is 9.60. The zero-order valence-corrected chi connectivity index (χ0v) is 11.0. The van der Waals surface area contributed by atoms with Crippen LogP contribution in [0.25, 0.3) is 10.8 Å². The standard InChI is InChI=1S/C15H18N2O2/c1-2-19-13-7-11(8-13)17-15-14-9-12(18)4-3-10(14)5-6-16-15/h3-6,9,11,13,18H,2,7-8H2,1H3,(H,16,17). The molecule has 1 heterocycles. The van der Waals surface area contributed by atoms with Crippen molar-refractivity contribution in [3.63, 3.8) is 0 Å². The minimum absolute atomic E-state index is 0.268. The largest absolute Gasteiger partial charge is 0.508 e. The Morgan fingerprint density at radius 2 is 2.21 bits per heavy atom. The molecule has 1 saturated carbocycles. The molecule has 0 saturated heterocycles. The van der Waals surface area contributed by atoms with Crippen molar-refractivity contribution in [2.75, 3.05) is 11.9 Å². The van der Waals surface area contributed by atoms with Crippen LogP contribution in [0.1, 0.15) is 19.8 Å². The van der Waals surface area contributed by atoms with E-state index in [9.17, 15) is 5.11 Å². The number of ether oxygens (including phenoxy) is 1. The highest BCUT2D eigenvalue weighted by molar-refractivity contribution is 5.92. The Balaban J connectivity index is 1.76. The molecule has 4 nitrogen and oxygen atoms in total. The van der Waals surface area contributed by atoms with Crippen LogP contribution in [0.5, 0.6) is 5.75 Å². The van der Waals surface area contributed by atoms with Gasteiger partial charge in [0, 0.05) is 24.2 Å².